The molecule has 11 heteroatoms. The lowest BCUT2D eigenvalue weighted by Gasteiger charge is -2.26. The summed E-state index contributed by atoms with van der Waals surface area (Å²) in [6.07, 6.45) is 1.50. The fraction of sp³-hybridized carbons (Fsp3) is 0.476. The number of ether oxygens (including phenoxy) is 1. The van der Waals surface area contributed by atoms with Crippen molar-refractivity contribution in [1.82, 2.24) is 19.5 Å². The van der Waals surface area contributed by atoms with E-state index in [2.05, 4.69) is 25.6 Å². The average molecular weight is 453 g/mol. The molecule has 3 unspecified atom stereocenters. The molecule has 1 aromatic carbocycles. The second kappa shape index (κ2) is 8.55. The maximum absolute atomic E-state index is 14.5. The van der Waals surface area contributed by atoms with E-state index in [0.717, 1.165) is 4.57 Å². The number of anilines is 3. The third-order valence-corrected chi connectivity index (χ3v) is 5.37. The molecule has 1 saturated heterocycles. The molecule has 32 heavy (non-hydrogen) atoms. The van der Waals surface area contributed by atoms with Crippen LogP contribution in [0, 0.1) is 17.5 Å². The van der Waals surface area contributed by atoms with Crippen LogP contribution in [0.3, 0.4) is 0 Å². The normalized spacial score (nSPS) is 34.3. The van der Waals surface area contributed by atoms with Crippen molar-refractivity contribution in [2.75, 3.05) is 23.8 Å². The van der Waals surface area contributed by atoms with E-state index < -0.39 is 54.6 Å². The molecule has 0 bridgehead atoms. The van der Waals surface area contributed by atoms with Gasteiger partial charge in [0.2, 0.25) is 11.9 Å². The lowest BCUT2D eigenvalue weighted by Crippen LogP contribution is -2.29. The predicted octanol–water partition coefficient (Wildman–Crippen LogP) is 3.66. The maximum atomic E-state index is 14.5. The van der Waals surface area contributed by atoms with E-state index in [9.17, 15) is 18.3 Å². The molecule has 2 aromatic heterocycles. The van der Waals surface area contributed by atoms with Gasteiger partial charge >= 0.3 is 0 Å². The van der Waals surface area contributed by atoms with Crippen LogP contribution < -0.4 is 10.6 Å². The average Bonchev–Trinajstić information content (AvgIpc) is 3.25. The zero-order valence-electron chi connectivity index (χ0n) is 21.6. The van der Waals surface area contributed by atoms with Crippen LogP contribution in [-0.2, 0) is 4.74 Å². The monoisotopic (exact) mass is 453 g/mol. The van der Waals surface area contributed by atoms with Crippen LogP contribution >= 0.6 is 0 Å². The van der Waals surface area contributed by atoms with Gasteiger partial charge in [0.05, 0.1) is 30.4 Å². The fourth-order valence-electron chi connectivity index (χ4n) is 3.78. The first kappa shape index (κ1) is 15.8. The zero-order chi connectivity index (χ0) is 26.7. The minimum atomic E-state index is -2.91. The number of nitrogens with zero attached hydrogens (tertiary/aromatic N) is 4. The molecule has 0 radical (unpaired) electrons. The fourth-order valence-corrected chi connectivity index (χ4v) is 3.78. The van der Waals surface area contributed by atoms with E-state index in [1.54, 1.807) is 0 Å². The highest BCUT2D eigenvalue weighted by Gasteiger charge is 2.27. The molecule has 5 rings (SSSR count). The SMILES string of the molecule is [2H]C1OC([2H])([2H])C([2H])(n2c(Nc3c(F)cc(F)cc3F)nc3cnc(NC4CCC(O)CC4)nc32)C1[2H]. The van der Waals surface area contributed by atoms with Crippen molar-refractivity contribution in [2.45, 2.75) is 50.2 Å². The molecule has 1 aliphatic carbocycles. The van der Waals surface area contributed by atoms with Crippen LogP contribution in [0.15, 0.2) is 18.3 Å². The van der Waals surface area contributed by atoms with E-state index in [0.29, 0.717) is 37.8 Å². The lowest BCUT2D eigenvalue weighted by atomic mass is 9.93. The molecule has 1 aliphatic heterocycles. The number of aromatic nitrogens is 4. The first-order valence-corrected chi connectivity index (χ1v) is 10.0. The van der Waals surface area contributed by atoms with Crippen LogP contribution in [0.1, 0.15) is 45.0 Å². The number of imidazole rings is 1. The highest BCUT2D eigenvalue weighted by molar-refractivity contribution is 5.76. The second-order valence-corrected chi connectivity index (χ2v) is 7.60. The summed E-state index contributed by atoms with van der Waals surface area (Å²) < 4.78 is 89.9. The van der Waals surface area contributed by atoms with Gasteiger partial charge < -0.3 is 20.5 Å². The van der Waals surface area contributed by atoms with Crippen LogP contribution in [0.5, 0.6) is 0 Å². The minimum Gasteiger partial charge on any atom is -0.393 e. The Morgan fingerprint density at radius 2 is 1.91 bits per heavy atom. The molecule has 2 aliphatic rings. The van der Waals surface area contributed by atoms with E-state index in [1.807, 2.05) is 0 Å². The Morgan fingerprint density at radius 1 is 1.16 bits per heavy atom. The van der Waals surface area contributed by atoms with Gasteiger partial charge in [-0.2, -0.15) is 4.98 Å². The van der Waals surface area contributed by atoms with Gasteiger partial charge in [-0.05, 0) is 32.1 Å². The predicted molar refractivity (Wildman–Crippen MR) is 111 cm³/mol. The molecule has 3 aromatic rings. The summed E-state index contributed by atoms with van der Waals surface area (Å²) in [6.45, 7) is -4.67. The molecule has 3 N–H and O–H groups in total. The standard InChI is InChI=1S/C21H23F3N6O2/c22-11-7-15(23)18(16(24)8-11)28-21-27-17-9-25-20(26-12-1-3-14(31)4-2-12)29-19(17)30(21)13-5-6-32-10-13/h7-9,12-14,31H,1-6,10H2,(H,27,28)(H,25,26,29)/i5D,6D,10D2,13D. The van der Waals surface area contributed by atoms with Crippen molar-refractivity contribution in [3.05, 3.63) is 35.8 Å². The van der Waals surface area contributed by atoms with E-state index in [1.165, 1.54) is 6.20 Å². The molecule has 3 atom stereocenters. The molecule has 3 heterocycles. The second-order valence-electron chi connectivity index (χ2n) is 7.60. The molecule has 170 valence electrons. The Bertz CT molecular complexity index is 1320. The Kier molecular flexibility index (Phi) is 4.22. The van der Waals surface area contributed by atoms with Gasteiger partial charge in [0, 0.05) is 26.1 Å². The minimum absolute atomic E-state index is 0.00176. The van der Waals surface area contributed by atoms with E-state index >= 15 is 0 Å². The maximum Gasteiger partial charge on any atom is 0.224 e. The Labute approximate surface area is 188 Å². The van der Waals surface area contributed by atoms with Crippen molar-refractivity contribution in [3.8, 4) is 0 Å². The highest BCUT2D eigenvalue weighted by Crippen LogP contribution is 2.32. The summed E-state index contributed by atoms with van der Waals surface area (Å²) >= 11 is 0. The van der Waals surface area contributed by atoms with Gasteiger partial charge in [-0.25, -0.2) is 23.1 Å². The van der Waals surface area contributed by atoms with Gasteiger partial charge in [0.25, 0.3) is 0 Å². The summed E-state index contributed by atoms with van der Waals surface area (Å²) in [5.41, 5.74) is -0.984. The molecule has 0 amide bonds. The highest BCUT2D eigenvalue weighted by atomic mass is 19.1. The Hall–Kier alpha value is -2.92. The van der Waals surface area contributed by atoms with Crippen molar-refractivity contribution < 1.29 is 29.9 Å². The van der Waals surface area contributed by atoms with E-state index in [4.69, 9.17) is 11.6 Å². The number of hydrogen-bond donors (Lipinski definition) is 3. The van der Waals surface area contributed by atoms with Crippen LogP contribution in [0.2, 0.25) is 0 Å². The zero-order valence-corrected chi connectivity index (χ0v) is 16.6. The quantitative estimate of drug-likeness (QED) is 0.542. The summed E-state index contributed by atoms with van der Waals surface area (Å²) in [5.74, 6) is -4.18. The molecule has 2 fully saturated rings. The number of aliphatic hydroxyl groups is 1. The van der Waals surface area contributed by atoms with Crippen molar-refractivity contribution in [2.24, 2.45) is 0 Å². The van der Waals surface area contributed by atoms with Crippen molar-refractivity contribution >= 4 is 28.7 Å². The summed E-state index contributed by atoms with van der Waals surface area (Å²) in [5, 5.41) is 15.2. The number of rotatable bonds is 5. The topological polar surface area (TPSA) is 97.1 Å². The third-order valence-electron chi connectivity index (χ3n) is 5.37. The van der Waals surface area contributed by atoms with Crippen molar-refractivity contribution in [1.29, 1.82) is 0 Å². The lowest BCUT2D eigenvalue weighted by molar-refractivity contribution is 0.126. The van der Waals surface area contributed by atoms with Crippen LogP contribution in [0.25, 0.3) is 11.2 Å². The van der Waals surface area contributed by atoms with E-state index in [-0.39, 0.29) is 29.3 Å². The summed E-state index contributed by atoms with van der Waals surface area (Å²) in [6, 6.07) is -1.87. The molecular weight excluding hydrogens is 425 g/mol. The van der Waals surface area contributed by atoms with Gasteiger partial charge in [-0.15, -0.1) is 0 Å². The smallest absolute Gasteiger partial charge is 0.224 e. The molecule has 0 spiro atoms. The largest absolute Gasteiger partial charge is 0.393 e. The number of nitrogens with one attached hydrogen (secondary N) is 2. The van der Waals surface area contributed by atoms with Gasteiger partial charge in [0.1, 0.15) is 17.0 Å². The number of hydrogen-bond acceptors (Lipinski definition) is 7. The number of aliphatic hydroxyl groups excluding tert-OH is 1. The van der Waals surface area contributed by atoms with Gasteiger partial charge in [-0.3, -0.25) is 4.57 Å². The number of fused-ring (bicyclic) bond motifs is 1. The Balaban J connectivity index is 1.65. The summed E-state index contributed by atoms with van der Waals surface area (Å²) in [7, 11) is 0. The number of halogens is 3. The molecule has 8 nitrogen and oxygen atoms in total. The van der Waals surface area contributed by atoms with Gasteiger partial charge in [0.15, 0.2) is 17.3 Å². The van der Waals surface area contributed by atoms with Crippen LogP contribution in [0.4, 0.5) is 30.8 Å². The first-order chi connectivity index (χ1) is 17.4. The number of benzene rings is 1. The molecular formula is C21H23F3N6O2. The first-order valence-electron chi connectivity index (χ1n) is 12.7. The molecule has 1 saturated carbocycles. The van der Waals surface area contributed by atoms with Gasteiger partial charge in [-0.1, -0.05) is 0 Å². The Morgan fingerprint density at radius 3 is 2.59 bits per heavy atom. The third kappa shape index (κ3) is 4.09. The van der Waals surface area contributed by atoms with Crippen molar-refractivity contribution in [3.63, 3.8) is 0 Å². The summed E-state index contributed by atoms with van der Waals surface area (Å²) in [4.78, 5) is 12.7. The van der Waals surface area contributed by atoms with Crippen LogP contribution in [-0.4, -0.2) is 49.9 Å².